The van der Waals surface area contributed by atoms with E-state index in [2.05, 4.69) is 4.98 Å². The fraction of sp³-hybridized carbons (Fsp3) is 0.154. The maximum atomic E-state index is 12.9. The molecule has 0 fully saturated rings. The van der Waals surface area contributed by atoms with Crippen molar-refractivity contribution in [2.75, 3.05) is 5.73 Å². The number of halogens is 2. The molecule has 94 valence electrons. The molecule has 2 aromatic rings. The van der Waals surface area contributed by atoms with Crippen molar-refractivity contribution in [3.05, 3.63) is 52.4 Å². The van der Waals surface area contributed by atoms with Gasteiger partial charge in [-0.25, -0.2) is 9.37 Å². The monoisotopic (exact) mass is 266 g/mol. The summed E-state index contributed by atoms with van der Waals surface area (Å²) in [4.78, 5) is 4.08. The molecule has 0 unspecified atom stereocenters. The van der Waals surface area contributed by atoms with Crippen LogP contribution in [0.25, 0.3) is 0 Å². The number of nitrogens with two attached hydrogens (primary N) is 1. The quantitative estimate of drug-likeness (QED) is 0.927. The lowest BCUT2D eigenvalue weighted by Crippen LogP contribution is -2.02. The maximum Gasteiger partial charge on any atom is 0.132 e. The van der Waals surface area contributed by atoms with Gasteiger partial charge in [-0.15, -0.1) is 0 Å². The third-order valence-electron chi connectivity index (χ3n) is 2.44. The summed E-state index contributed by atoms with van der Waals surface area (Å²) < 4.78 is 18.5. The van der Waals surface area contributed by atoms with E-state index in [0.29, 0.717) is 22.3 Å². The summed E-state index contributed by atoms with van der Waals surface area (Å²) in [6, 6.07) is 7.61. The highest BCUT2D eigenvalue weighted by molar-refractivity contribution is 6.31. The highest BCUT2D eigenvalue weighted by atomic mass is 35.5. The van der Waals surface area contributed by atoms with Gasteiger partial charge in [0, 0.05) is 0 Å². The molecule has 2 N–H and O–H groups in total. The normalized spacial score (nSPS) is 10.4. The highest BCUT2D eigenvalue weighted by Crippen LogP contribution is 2.21. The molecule has 0 aliphatic rings. The van der Waals surface area contributed by atoms with Crippen LogP contribution in [0.3, 0.4) is 0 Å². The Kier molecular flexibility index (Phi) is 3.67. The molecule has 0 spiro atoms. The van der Waals surface area contributed by atoms with Crippen LogP contribution >= 0.6 is 11.6 Å². The van der Waals surface area contributed by atoms with E-state index in [4.69, 9.17) is 22.1 Å². The van der Waals surface area contributed by atoms with Gasteiger partial charge in [0.15, 0.2) is 0 Å². The first-order chi connectivity index (χ1) is 8.56. The number of benzene rings is 1. The lowest BCUT2D eigenvalue weighted by Gasteiger charge is -2.10. The average molecular weight is 267 g/mol. The van der Waals surface area contributed by atoms with E-state index in [-0.39, 0.29) is 12.4 Å². The predicted molar refractivity (Wildman–Crippen MR) is 69.1 cm³/mol. The number of hydrogen-bond donors (Lipinski definition) is 1. The second-order valence-electron chi connectivity index (χ2n) is 3.86. The Morgan fingerprint density at radius 1 is 1.33 bits per heavy atom. The van der Waals surface area contributed by atoms with E-state index in [0.717, 1.165) is 5.56 Å². The Morgan fingerprint density at radius 3 is 2.83 bits per heavy atom. The number of nitrogens with zero attached hydrogens (tertiary/aromatic N) is 1. The number of aromatic nitrogens is 1. The van der Waals surface area contributed by atoms with Crippen LogP contribution in [0.1, 0.15) is 11.3 Å². The Balaban J connectivity index is 2.13. The van der Waals surface area contributed by atoms with Gasteiger partial charge in [0.25, 0.3) is 0 Å². The van der Waals surface area contributed by atoms with Crippen molar-refractivity contribution in [3.8, 4) is 5.75 Å². The molecule has 0 atom stereocenters. The number of pyridine rings is 1. The molecule has 0 bridgehead atoms. The number of ether oxygens (including phenoxy) is 1. The summed E-state index contributed by atoms with van der Waals surface area (Å²) in [5.74, 6) is 0.686. The van der Waals surface area contributed by atoms with Crippen LogP contribution in [0.15, 0.2) is 30.3 Å². The third kappa shape index (κ3) is 2.90. The molecule has 0 radical (unpaired) electrons. The second-order valence-corrected chi connectivity index (χ2v) is 4.27. The molecule has 3 nitrogen and oxygen atoms in total. The molecule has 0 amide bonds. The molecule has 1 aromatic carbocycles. The number of hydrogen-bond acceptors (Lipinski definition) is 3. The Morgan fingerprint density at radius 2 is 2.11 bits per heavy atom. The van der Waals surface area contributed by atoms with Crippen molar-refractivity contribution in [2.24, 2.45) is 0 Å². The molecule has 0 aliphatic carbocycles. The first kappa shape index (κ1) is 12.6. The van der Waals surface area contributed by atoms with E-state index in [1.165, 1.54) is 12.1 Å². The summed E-state index contributed by atoms with van der Waals surface area (Å²) >= 11 is 5.97. The van der Waals surface area contributed by atoms with Crippen molar-refractivity contribution in [2.45, 2.75) is 13.5 Å². The predicted octanol–water partition coefficient (Wildman–Crippen LogP) is 3.34. The number of rotatable bonds is 3. The van der Waals surface area contributed by atoms with E-state index in [1.54, 1.807) is 25.1 Å². The minimum absolute atomic E-state index is 0.191. The smallest absolute Gasteiger partial charge is 0.132 e. The lowest BCUT2D eigenvalue weighted by atomic mass is 10.2. The number of anilines is 1. The standard InChI is InChI=1S/C13H12ClFN2O/c1-8-6-9(15)2-4-12(8)18-7-11-10(14)3-5-13(16)17-11/h2-6H,7H2,1H3,(H2,16,17). The van der Waals surface area contributed by atoms with Gasteiger partial charge >= 0.3 is 0 Å². The van der Waals surface area contributed by atoms with Crippen LogP contribution in [-0.4, -0.2) is 4.98 Å². The Bertz CT molecular complexity index is 575. The lowest BCUT2D eigenvalue weighted by molar-refractivity contribution is 0.299. The third-order valence-corrected chi connectivity index (χ3v) is 2.79. The van der Waals surface area contributed by atoms with Crippen LogP contribution in [-0.2, 0) is 6.61 Å². The van der Waals surface area contributed by atoms with Gasteiger partial charge in [0.1, 0.15) is 24.0 Å². The van der Waals surface area contributed by atoms with Crippen LogP contribution in [0.2, 0.25) is 5.02 Å². The first-order valence-electron chi connectivity index (χ1n) is 5.36. The van der Waals surface area contributed by atoms with Gasteiger partial charge in [-0.05, 0) is 42.8 Å². The van der Waals surface area contributed by atoms with Gasteiger partial charge in [0.2, 0.25) is 0 Å². The summed E-state index contributed by atoms with van der Waals surface area (Å²) in [5, 5.41) is 0.490. The minimum atomic E-state index is -0.292. The zero-order valence-electron chi connectivity index (χ0n) is 9.78. The van der Waals surface area contributed by atoms with Crippen molar-refractivity contribution in [1.82, 2.24) is 4.98 Å². The van der Waals surface area contributed by atoms with Crippen molar-refractivity contribution < 1.29 is 9.13 Å². The Labute approximate surface area is 109 Å². The molecule has 18 heavy (non-hydrogen) atoms. The molecule has 5 heteroatoms. The van der Waals surface area contributed by atoms with Gasteiger partial charge < -0.3 is 10.5 Å². The first-order valence-corrected chi connectivity index (χ1v) is 5.74. The van der Waals surface area contributed by atoms with Crippen molar-refractivity contribution in [1.29, 1.82) is 0 Å². The van der Waals surface area contributed by atoms with Crippen LogP contribution < -0.4 is 10.5 Å². The number of aryl methyl sites for hydroxylation is 1. The highest BCUT2D eigenvalue weighted by Gasteiger charge is 2.06. The van der Waals surface area contributed by atoms with Crippen LogP contribution in [0.4, 0.5) is 10.2 Å². The fourth-order valence-electron chi connectivity index (χ4n) is 1.52. The maximum absolute atomic E-state index is 12.9. The molecule has 2 rings (SSSR count). The Hall–Kier alpha value is -1.81. The average Bonchev–Trinajstić information content (AvgIpc) is 2.32. The second kappa shape index (κ2) is 5.23. The minimum Gasteiger partial charge on any atom is -0.487 e. The van der Waals surface area contributed by atoms with E-state index in [1.807, 2.05) is 0 Å². The van der Waals surface area contributed by atoms with Gasteiger partial charge in [-0.3, -0.25) is 0 Å². The topological polar surface area (TPSA) is 48.1 Å². The molecule has 0 saturated carbocycles. The SMILES string of the molecule is Cc1cc(F)ccc1OCc1nc(N)ccc1Cl. The zero-order chi connectivity index (χ0) is 13.1. The largest absolute Gasteiger partial charge is 0.487 e. The van der Waals surface area contributed by atoms with Gasteiger partial charge in [-0.2, -0.15) is 0 Å². The summed E-state index contributed by atoms with van der Waals surface area (Å²) in [6.45, 7) is 1.96. The van der Waals surface area contributed by atoms with Crippen molar-refractivity contribution >= 4 is 17.4 Å². The molecule has 0 saturated heterocycles. The van der Waals surface area contributed by atoms with Gasteiger partial charge in [-0.1, -0.05) is 11.6 Å². The van der Waals surface area contributed by atoms with E-state index >= 15 is 0 Å². The molecule has 0 aliphatic heterocycles. The molecule has 1 heterocycles. The fourth-order valence-corrected chi connectivity index (χ4v) is 1.68. The van der Waals surface area contributed by atoms with E-state index < -0.39 is 0 Å². The summed E-state index contributed by atoms with van der Waals surface area (Å²) in [5.41, 5.74) is 6.84. The zero-order valence-corrected chi connectivity index (χ0v) is 10.5. The van der Waals surface area contributed by atoms with Gasteiger partial charge in [0.05, 0.1) is 10.7 Å². The van der Waals surface area contributed by atoms with Crippen LogP contribution in [0.5, 0.6) is 5.75 Å². The van der Waals surface area contributed by atoms with E-state index in [9.17, 15) is 4.39 Å². The molecular formula is C13H12ClFN2O. The molecular weight excluding hydrogens is 255 g/mol. The summed E-state index contributed by atoms with van der Waals surface area (Å²) in [6.07, 6.45) is 0. The summed E-state index contributed by atoms with van der Waals surface area (Å²) in [7, 11) is 0. The van der Waals surface area contributed by atoms with Crippen LogP contribution in [0, 0.1) is 12.7 Å². The van der Waals surface area contributed by atoms with Crippen molar-refractivity contribution in [3.63, 3.8) is 0 Å². The molecule has 1 aromatic heterocycles. The number of nitrogen functional groups attached to an aromatic ring is 1.